The zero-order chi connectivity index (χ0) is 22.6. The number of hydroxylamine groups is 1. The van der Waals surface area contributed by atoms with Crippen LogP contribution in [0.4, 0.5) is 5.82 Å². The van der Waals surface area contributed by atoms with Gasteiger partial charge in [-0.05, 0) is 12.1 Å². The van der Waals surface area contributed by atoms with Crippen molar-refractivity contribution in [1.29, 1.82) is 5.26 Å². The molecule has 168 valence electrons. The summed E-state index contributed by atoms with van der Waals surface area (Å²) in [5.41, 5.74) is 8.11. The molecule has 11 nitrogen and oxygen atoms in total. The van der Waals surface area contributed by atoms with Crippen LogP contribution < -0.4 is 16.0 Å². The molecule has 4 N–H and O–H groups in total. The zero-order valence-corrected chi connectivity index (χ0v) is 17.2. The molecule has 0 aliphatic carbocycles. The molecular formula is C21H23N5O6. The predicted octanol–water partition coefficient (Wildman–Crippen LogP) is 0.578. The maximum atomic E-state index is 12.8. The number of nitrogens with one attached hydrogen (secondary N) is 1. The first-order chi connectivity index (χ1) is 15.5. The van der Waals surface area contributed by atoms with Gasteiger partial charge in [-0.1, -0.05) is 12.1 Å². The van der Waals surface area contributed by atoms with E-state index in [9.17, 15) is 9.90 Å². The molecule has 0 unspecified atom stereocenters. The van der Waals surface area contributed by atoms with Crippen LogP contribution in [0.15, 0.2) is 24.3 Å². The Balaban J connectivity index is 1.59. The standard InChI is InChI=1S/C21H23N5O6/c22-9-13-2-1-3-14(8-13)18-24-17(23)16(20(25-18)32-15-4-6-29-10-15)19(27)26-31-12-21(28)5-7-30-11-21/h1-3,8,15,28H,4-7,10-12H2,(H,26,27)(H2,23,24,25)/t15-,21-/m0/s1. The Morgan fingerprint density at radius 2 is 2.25 bits per heavy atom. The lowest BCUT2D eigenvalue weighted by molar-refractivity contribution is -0.0733. The van der Waals surface area contributed by atoms with Crippen LogP contribution in [0.3, 0.4) is 0 Å². The average Bonchev–Trinajstić information content (AvgIpc) is 3.45. The Morgan fingerprint density at radius 3 is 2.97 bits per heavy atom. The largest absolute Gasteiger partial charge is 0.471 e. The molecule has 2 aliphatic rings. The number of aliphatic hydroxyl groups is 1. The van der Waals surface area contributed by atoms with Crippen molar-refractivity contribution in [3.8, 4) is 23.3 Å². The summed E-state index contributed by atoms with van der Waals surface area (Å²) < 4.78 is 16.4. The van der Waals surface area contributed by atoms with Crippen molar-refractivity contribution in [2.45, 2.75) is 24.5 Å². The van der Waals surface area contributed by atoms with E-state index in [1.54, 1.807) is 24.3 Å². The number of nitrogens with two attached hydrogens (primary N) is 1. The molecule has 0 saturated carbocycles. The van der Waals surface area contributed by atoms with Gasteiger partial charge in [-0.2, -0.15) is 10.2 Å². The Hall–Kier alpha value is -3.30. The van der Waals surface area contributed by atoms with E-state index in [-0.39, 0.29) is 42.4 Å². The third kappa shape index (κ3) is 4.95. The van der Waals surface area contributed by atoms with Gasteiger partial charge in [0, 0.05) is 25.0 Å². The van der Waals surface area contributed by atoms with Gasteiger partial charge in [0.1, 0.15) is 29.7 Å². The number of nitrogens with zero attached hydrogens (tertiary/aromatic N) is 3. The number of carbonyl (C=O) groups is 1. The Kier molecular flexibility index (Phi) is 6.48. The number of nitriles is 1. The van der Waals surface area contributed by atoms with Gasteiger partial charge >= 0.3 is 0 Å². The smallest absolute Gasteiger partial charge is 0.284 e. The Labute approximate surface area is 184 Å². The summed E-state index contributed by atoms with van der Waals surface area (Å²) in [6.07, 6.45) is 0.736. The van der Waals surface area contributed by atoms with E-state index in [4.69, 9.17) is 30.0 Å². The number of ether oxygens (including phenoxy) is 3. The van der Waals surface area contributed by atoms with E-state index in [2.05, 4.69) is 21.5 Å². The lowest BCUT2D eigenvalue weighted by Crippen LogP contribution is -2.39. The fraction of sp³-hybridized carbons (Fsp3) is 0.429. The monoisotopic (exact) mass is 441 g/mol. The molecule has 1 aromatic heterocycles. The summed E-state index contributed by atoms with van der Waals surface area (Å²) in [6.45, 7) is 1.29. The number of aromatic nitrogens is 2. The van der Waals surface area contributed by atoms with Gasteiger partial charge in [-0.15, -0.1) is 0 Å². The number of hydrogen-bond donors (Lipinski definition) is 3. The molecule has 4 rings (SSSR count). The van der Waals surface area contributed by atoms with Crippen LogP contribution in [0.5, 0.6) is 5.88 Å². The van der Waals surface area contributed by atoms with E-state index < -0.39 is 11.5 Å². The van der Waals surface area contributed by atoms with Crippen LogP contribution in [-0.4, -0.2) is 65.7 Å². The molecular weight excluding hydrogens is 418 g/mol. The number of hydrogen-bond acceptors (Lipinski definition) is 10. The fourth-order valence-electron chi connectivity index (χ4n) is 3.37. The highest BCUT2D eigenvalue weighted by Crippen LogP contribution is 2.28. The number of rotatable bonds is 7. The molecule has 11 heteroatoms. The van der Waals surface area contributed by atoms with Gasteiger partial charge in [-0.25, -0.2) is 10.5 Å². The lowest BCUT2D eigenvalue weighted by atomic mass is 10.1. The molecule has 2 aliphatic heterocycles. The first-order valence-electron chi connectivity index (χ1n) is 10.1. The van der Waals surface area contributed by atoms with Crippen molar-refractivity contribution < 1.29 is 28.9 Å². The van der Waals surface area contributed by atoms with E-state index >= 15 is 0 Å². The number of anilines is 1. The maximum Gasteiger partial charge on any atom is 0.284 e. The normalized spacial score (nSPS) is 22.4. The molecule has 2 aromatic rings. The minimum atomic E-state index is -1.16. The summed E-state index contributed by atoms with van der Waals surface area (Å²) in [6, 6.07) is 8.76. The fourth-order valence-corrected chi connectivity index (χ4v) is 3.37. The molecule has 32 heavy (non-hydrogen) atoms. The Bertz CT molecular complexity index is 1030. The molecule has 0 radical (unpaired) electrons. The average molecular weight is 441 g/mol. The van der Waals surface area contributed by atoms with Crippen LogP contribution in [0, 0.1) is 11.3 Å². The predicted molar refractivity (Wildman–Crippen MR) is 110 cm³/mol. The van der Waals surface area contributed by atoms with Crippen molar-refractivity contribution in [2.75, 3.05) is 38.8 Å². The van der Waals surface area contributed by atoms with Gasteiger partial charge in [0.15, 0.2) is 5.82 Å². The number of amides is 1. The quantitative estimate of drug-likeness (QED) is 0.518. The van der Waals surface area contributed by atoms with Crippen LogP contribution in [0.25, 0.3) is 11.4 Å². The van der Waals surface area contributed by atoms with Crippen molar-refractivity contribution in [1.82, 2.24) is 15.4 Å². The molecule has 0 bridgehead atoms. The van der Waals surface area contributed by atoms with Crippen LogP contribution >= 0.6 is 0 Å². The van der Waals surface area contributed by atoms with Crippen molar-refractivity contribution in [2.24, 2.45) is 0 Å². The molecule has 1 aromatic carbocycles. The van der Waals surface area contributed by atoms with Gasteiger partial charge in [0.2, 0.25) is 5.88 Å². The van der Waals surface area contributed by atoms with Crippen molar-refractivity contribution in [3.63, 3.8) is 0 Å². The first-order valence-corrected chi connectivity index (χ1v) is 10.1. The zero-order valence-electron chi connectivity index (χ0n) is 17.2. The summed E-state index contributed by atoms with van der Waals surface area (Å²) >= 11 is 0. The third-order valence-electron chi connectivity index (χ3n) is 5.14. The summed E-state index contributed by atoms with van der Waals surface area (Å²) in [5, 5.41) is 19.4. The van der Waals surface area contributed by atoms with Crippen molar-refractivity contribution >= 4 is 11.7 Å². The third-order valence-corrected chi connectivity index (χ3v) is 5.14. The first kappa shape index (κ1) is 21.9. The van der Waals surface area contributed by atoms with Crippen LogP contribution in [0.2, 0.25) is 0 Å². The topological polar surface area (TPSA) is 162 Å². The minimum absolute atomic E-state index is 0.0191. The summed E-state index contributed by atoms with van der Waals surface area (Å²) in [7, 11) is 0. The van der Waals surface area contributed by atoms with E-state index in [1.807, 2.05) is 0 Å². The number of nitrogen functional groups attached to an aromatic ring is 1. The van der Waals surface area contributed by atoms with Crippen LogP contribution in [0.1, 0.15) is 28.8 Å². The van der Waals surface area contributed by atoms with E-state index in [0.717, 1.165) is 0 Å². The van der Waals surface area contributed by atoms with Gasteiger partial charge < -0.3 is 25.1 Å². The van der Waals surface area contributed by atoms with Gasteiger partial charge in [0.05, 0.1) is 31.5 Å². The van der Waals surface area contributed by atoms with Gasteiger partial charge in [0.25, 0.3) is 5.91 Å². The second-order valence-corrected chi connectivity index (χ2v) is 7.66. The highest BCUT2D eigenvalue weighted by atomic mass is 16.7. The van der Waals surface area contributed by atoms with Crippen LogP contribution in [-0.2, 0) is 14.3 Å². The highest BCUT2D eigenvalue weighted by Gasteiger charge is 2.33. The van der Waals surface area contributed by atoms with Gasteiger partial charge in [-0.3, -0.25) is 9.63 Å². The Morgan fingerprint density at radius 1 is 1.38 bits per heavy atom. The lowest BCUT2D eigenvalue weighted by Gasteiger charge is -2.20. The van der Waals surface area contributed by atoms with Crippen molar-refractivity contribution in [3.05, 3.63) is 35.4 Å². The second-order valence-electron chi connectivity index (χ2n) is 7.66. The maximum absolute atomic E-state index is 12.8. The van der Waals surface area contributed by atoms with E-state index in [1.165, 1.54) is 0 Å². The highest BCUT2D eigenvalue weighted by molar-refractivity contribution is 6.00. The molecule has 1 amide bonds. The SMILES string of the molecule is N#Cc1cccc(-c2nc(N)c(C(=O)NOC[C@]3(O)CCOC3)c(O[C@H]3CCOC3)n2)c1. The number of benzene rings is 1. The molecule has 2 fully saturated rings. The molecule has 2 saturated heterocycles. The summed E-state index contributed by atoms with van der Waals surface area (Å²) in [4.78, 5) is 26.7. The molecule has 3 heterocycles. The van der Waals surface area contributed by atoms with E-state index in [0.29, 0.717) is 43.8 Å². The molecule has 0 spiro atoms. The second kappa shape index (κ2) is 9.46. The minimum Gasteiger partial charge on any atom is -0.471 e. The number of carbonyl (C=O) groups excluding carboxylic acids is 1. The summed E-state index contributed by atoms with van der Waals surface area (Å²) in [5.74, 6) is -0.635. The molecule has 2 atom stereocenters.